The quantitative estimate of drug-likeness (QED) is 0.113. The van der Waals surface area contributed by atoms with Crippen molar-refractivity contribution in [3.05, 3.63) is 155 Å². The number of carbonyl (C=O) groups excluding carboxylic acids is 2. The van der Waals surface area contributed by atoms with Crippen LogP contribution in [0.25, 0.3) is 11.4 Å². The molecule has 366 valence electrons. The van der Waals surface area contributed by atoms with Gasteiger partial charge in [-0.05, 0) is 78.6 Å². The molecule has 0 amide bonds. The number of benzene rings is 4. The molecule has 2 aromatic heterocycles. The van der Waals surface area contributed by atoms with E-state index in [0.29, 0.717) is 39.8 Å². The number of ketones is 2. The minimum Gasteiger partial charge on any atom is -0.858 e. The summed E-state index contributed by atoms with van der Waals surface area (Å²) in [6.45, 7) is 12.5. The molecule has 0 atom stereocenters. The van der Waals surface area contributed by atoms with Crippen LogP contribution in [0.15, 0.2) is 121 Å². The van der Waals surface area contributed by atoms with Crippen molar-refractivity contribution < 1.29 is 56.4 Å². The molecule has 4 aromatic carbocycles. The first-order chi connectivity index (χ1) is 32.5. The van der Waals surface area contributed by atoms with Crippen molar-refractivity contribution >= 4 is 17.5 Å². The van der Waals surface area contributed by atoms with Gasteiger partial charge >= 0.3 is 22.4 Å². The molecule has 2 aliphatic heterocycles. The number of quaternary nitrogens is 1. The Morgan fingerprint density at radius 3 is 1.28 bits per heavy atom. The fourth-order valence-corrected chi connectivity index (χ4v) is 10.6. The summed E-state index contributed by atoms with van der Waals surface area (Å²) in [6, 6.07) is 35.7. The summed E-state index contributed by atoms with van der Waals surface area (Å²) in [5, 5.41) is 46.9. The first kappa shape index (κ1) is 52.5. The first-order valence-corrected chi connectivity index (χ1v) is 24.3. The van der Waals surface area contributed by atoms with Crippen LogP contribution in [-0.4, -0.2) is 64.5 Å². The molecule has 6 aromatic rings. The Labute approximate surface area is 417 Å². The van der Waals surface area contributed by atoms with Crippen LogP contribution < -0.4 is 20.5 Å². The second-order valence-corrected chi connectivity index (χ2v) is 20.1. The molecular weight excluding hydrogens is 911 g/mol. The van der Waals surface area contributed by atoms with Gasteiger partial charge in [0.15, 0.2) is 11.6 Å². The number of nitrogens with two attached hydrogens (primary N) is 1. The van der Waals surface area contributed by atoms with Gasteiger partial charge in [-0.1, -0.05) is 142 Å². The Morgan fingerprint density at radius 2 is 0.913 bits per heavy atom. The van der Waals surface area contributed by atoms with Crippen molar-refractivity contribution in [1.29, 1.82) is 0 Å². The molecule has 69 heavy (non-hydrogen) atoms. The fourth-order valence-electron chi connectivity index (χ4n) is 10.6. The number of aromatic nitrogens is 4. The molecule has 4 heterocycles. The largest absolute Gasteiger partial charge is 2.00 e. The van der Waals surface area contributed by atoms with E-state index in [-0.39, 0.29) is 67.7 Å². The van der Waals surface area contributed by atoms with Gasteiger partial charge in [-0.15, -0.1) is 0 Å². The normalized spacial score (nSPS) is 18.1. The van der Waals surface area contributed by atoms with Crippen LogP contribution in [0.4, 0.5) is 0 Å². The number of rotatable bonds is 6. The number of hydrogen-bond acceptors (Lipinski definition) is 7. The van der Waals surface area contributed by atoms with E-state index < -0.39 is 5.60 Å². The summed E-state index contributed by atoms with van der Waals surface area (Å²) >= 11 is 0. The summed E-state index contributed by atoms with van der Waals surface area (Å²) < 4.78 is 9.43. The molecule has 9 rings (SSSR count). The SMILES string of the molecule is CC1(C)CC2(CC(C)(C)[NH2+]1)OC1(CCCCCCCCCCC1)[NH+]=C2O.Cc1nn(-c2ccccc2)c([O-])c1C(=O)c1ccccc1.Cc1nn(-c2ccccc2)c([O-])c1C(=O)c1ccccc1.[Ni+2]. The van der Waals surface area contributed by atoms with E-state index in [1.165, 1.54) is 67.2 Å². The van der Waals surface area contributed by atoms with Gasteiger partial charge < -0.3 is 20.6 Å². The minimum absolute atomic E-state index is 0. The molecule has 0 unspecified atom stereocenters. The van der Waals surface area contributed by atoms with Crippen LogP contribution in [0.2, 0.25) is 0 Å². The molecule has 1 aliphatic carbocycles. The number of ether oxygens (including phenoxy) is 1. The van der Waals surface area contributed by atoms with Gasteiger partial charge in [-0.2, -0.15) is 15.2 Å². The second-order valence-electron chi connectivity index (χ2n) is 20.1. The van der Waals surface area contributed by atoms with Crippen LogP contribution in [0, 0.1) is 13.8 Å². The average Bonchev–Trinajstić information content (AvgIpc) is 3.88. The Kier molecular flexibility index (Phi) is 17.3. The first-order valence-electron chi connectivity index (χ1n) is 24.3. The minimum atomic E-state index is -0.529. The van der Waals surface area contributed by atoms with Crippen LogP contribution in [0.1, 0.15) is 154 Å². The smallest absolute Gasteiger partial charge is 0.858 e. The van der Waals surface area contributed by atoms with Crippen molar-refractivity contribution in [1.82, 2.24) is 19.6 Å². The standard InChI is InChI=1S/C22H40N2O2.2C17H14N2O2.Ni/c1-19(2)16-21(17-20(3,4)24-19)18(25)23-22(26-21)14-12-10-8-6-5-7-9-11-13-15-22;2*1-12-15(16(20)13-8-4-2-5-9-13)17(21)19(18-12)14-10-6-3-7-11-14;/h24H,5-17H2,1-4H3,(H,23,25);2*2-11,21H,1H3;/q;;;+2. The number of aliphatic hydroxyl groups excluding tert-OH is 1. The van der Waals surface area contributed by atoms with Gasteiger partial charge in [0, 0.05) is 48.6 Å². The molecule has 0 bridgehead atoms. The van der Waals surface area contributed by atoms with Gasteiger partial charge in [0.05, 0.1) is 45.0 Å². The predicted molar refractivity (Wildman–Crippen MR) is 260 cm³/mol. The number of piperidine rings is 1. The molecule has 3 aliphatic rings. The molecule has 0 radical (unpaired) electrons. The summed E-state index contributed by atoms with van der Waals surface area (Å²) in [4.78, 5) is 28.5. The molecular formula is C56H68N6NiO6+2. The number of aryl methyl sites for hydroxylation is 2. The van der Waals surface area contributed by atoms with Gasteiger partial charge in [-0.3, -0.25) is 14.3 Å². The summed E-state index contributed by atoms with van der Waals surface area (Å²) in [5.74, 6) is -0.945. The van der Waals surface area contributed by atoms with E-state index in [4.69, 9.17) is 4.74 Å². The number of nitrogens with one attached hydrogen (secondary N) is 1. The van der Waals surface area contributed by atoms with E-state index in [2.05, 4.69) is 48.2 Å². The maximum Gasteiger partial charge on any atom is 2.00 e. The third-order valence-corrected chi connectivity index (χ3v) is 13.2. The zero-order valence-electron chi connectivity index (χ0n) is 40.9. The number of para-hydroxylation sites is 2. The molecule has 1 saturated carbocycles. The Hall–Kier alpha value is -5.88. The predicted octanol–water partition coefficient (Wildman–Crippen LogP) is 7.68. The van der Waals surface area contributed by atoms with E-state index in [1.807, 2.05) is 48.5 Å². The van der Waals surface area contributed by atoms with Gasteiger partial charge in [0.1, 0.15) is 0 Å². The average molecular weight is 980 g/mol. The Balaban J connectivity index is 0.000000170. The van der Waals surface area contributed by atoms with E-state index in [0.717, 1.165) is 25.7 Å². The molecule has 1 saturated heterocycles. The van der Waals surface area contributed by atoms with Crippen LogP contribution in [0.5, 0.6) is 11.8 Å². The van der Waals surface area contributed by atoms with Crippen LogP contribution >= 0.6 is 0 Å². The van der Waals surface area contributed by atoms with Crippen molar-refractivity contribution in [2.75, 3.05) is 0 Å². The van der Waals surface area contributed by atoms with Crippen molar-refractivity contribution in [2.45, 2.75) is 147 Å². The topological polar surface area (TPSA) is 176 Å². The summed E-state index contributed by atoms with van der Waals surface area (Å²) in [6.07, 6.45) is 15.5. The van der Waals surface area contributed by atoms with E-state index in [9.17, 15) is 24.9 Å². The molecule has 2 fully saturated rings. The van der Waals surface area contributed by atoms with Crippen LogP contribution in [-0.2, 0) is 21.2 Å². The van der Waals surface area contributed by atoms with Gasteiger partial charge in [-0.25, -0.2) is 9.36 Å². The van der Waals surface area contributed by atoms with E-state index in [1.54, 1.807) is 86.6 Å². The Bertz CT molecular complexity index is 2500. The van der Waals surface area contributed by atoms with Crippen LogP contribution in [0.3, 0.4) is 0 Å². The number of carbonyl (C=O) groups is 2. The van der Waals surface area contributed by atoms with E-state index >= 15 is 0 Å². The number of aliphatic hydroxyl groups is 1. The maximum absolute atomic E-state index is 12.5. The zero-order chi connectivity index (χ0) is 48.5. The zero-order valence-corrected chi connectivity index (χ0v) is 41.9. The monoisotopic (exact) mass is 978 g/mol. The maximum atomic E-state index is 12.5. The number of hydrogen-bond donors (Lipinski definition) is 3. The third-order valence-electron chi connectivity index (χ3n) is 13.2. The summed E-state index contributed by atoms with van der Waals surface area (Å²) in [5.41, 5.74) is 2.67. The van der Waals surface area contributed by atoms with Gasteiger partial charge in [0.2, 0.25) is 5.60 Å². The fraction of sp³-hybridized carbons (Fsp3) is 0.411. The second kappa shape index (κ2) is 22.7. The number of nitrogens with zero attached hydrogens (tertiary/aromatic N) is 4. The third kappa shape index (κ3) is 12.7. The molecule has 12 nitrogen and oxygen atoms in total. The Morgan fingerprint density at radius 1 is 0.580 bits per heavy atom. The van der Waals surface area contributed by atoms with Gasteiger partial charge in [0.25, 0.3) is 5.72 Å². The van der Waals surface area contributed by atoms with Crippen molar-refractivity contribution in [3.8, 4) is 23.1 Å². The van der Waals surface area contributed by atoms with Crippen molar-refractivity contribution in [2.24, 2.45) is 0 Å². The molecule has 13 heteroatoms. The van der Waals surface area contributed by atoms with Crippen molar-refractivity contribution in [3.63, 3.8) is 0 Å². The molecule has 4 N–H and O–H groups in total. The summed E-state index contributed by atoms with van der Waals surface area (Å²) in [7, 11) is 0. The molecule has 2 spiro atoms.